The Labute approximate surface area is 88.7 Å². The molecule has 6 nitrogen and oxygen atoms in total. The van der Waals surface area contributed by atoms with Crippen molar-refractivity contribution in [1.82, 2.24) is 0 Å². The monoisotopic (exact) mass is 240 g/mol. The Bertz CT molecular complexity index is 244. The molecule has 0 bridgehead atoms. The first-order valence-corrected chi connectivity index (χ1v) is 6.02. The van der Waals surface area contributed by atoms with Gasteiger partial charge in [0.2, 0.25) is 0 Å². The molecule has 0 rings (SSSR count). The molecule has 90 valence electrons. The van der Waals surface area contributed by atoms with Crippen LogP contribution in [0.5, 0.6) is 0 Å². The summed E-state index contributed by atoms with van der Waals surface area (Å²) >= 11 is 0. The number of aliphatic hydroxyl groups excluding tert-OH is 1. The minimum Gasteiger partial charge on any atom is -0.460 e. The van der Waals surface area contributed by atoms with Crippen LogP contribution in [-0.4, -0.2) is 40.2 Å². The van der Waals surface area contributed by atoms with Gasteiger partial charge in [-0.15, -0.1) is 0 Å². The van der Waals surface area contributed by atoms with E-state index in [9.17, 15) is 9.36 Å². The highest BCUT2D eigenvalue weighted by Crippen LogP contribution is 2.32. The van der Waals surface area contributed by atoms with Crippen LogP contribution in [0.1, 0.15) is 13.8 Å². The molecule has 0 heterocycles. The molecule has 7 heteroatoms. The van der Waals surface area contributed by atoms with Crippen LogP contribution in [0.15, 0.2) is 12.2 Å². The molecule has 0 spiro atoms. The van der Waals surface area contributed by atoms with Gasteiger partial charge in [0.05, 0.1) is 6.61 Å². The van der Waals surface area contributed by atoms with E-state index in [2.05, 4.69) is 11.3 Å². The fourth-order valence-corrected chi connectivity index (χ4v) is 0.262. The van der Waals surface area contributed by atoms with E-state index in [0.29, 0.717) is 5.57 Å². The van der Waals surface area contributed by atoms with Crippen LogP contribution in [0.2, 0.25) is 0 Å². The minimum absolute atomic E-state index is 0.0473. The number of esters is 1. The second kappa shape index (κ2) is 8.61. The number of carbonyl (C=O) groups excluding carboxylic acids is 1. The molecule has 0 fully saturated rings. The van der Waals surface area contributed by atoms with E-state index in [0.717, 1.165) is 0 Å². The first-order chi connectivity index (χ1) is 6.74. The third-order valence-corrected chi connectivity index (χ3v) is 1.91. The third kappa shape index (κ3) is 16.0. The molecule has 0 amide bonds. The zero-order valence-corrected chi connectivity index (χ0v) is 9.74. The first-order valence-electron chi connectivity index (χ1n) is 4.22. The highest BCUT2D eigenvalue weighted by atomic mass is 31.2. The van der Waals surface area contributed by atoms with Gasteiger partial charge in [-0.2, -0.15) is 0 Å². The van der Waals surface area contributed by atoms with Gasteiger partial charge in [0, 0.05) is 11.7 Å². The molecule has 0 radical (unpaired) electrons. The van der Waals surface area contributed by atoms with E-state index in [1.807, 2.05) is 0 Å². The minimum atomic E-state index is -3.65. The summed E-state index contributed by atoms with van der Waals surface area (Å²) in [5.41, 5.74) is 0.350. The number of ether oxygens (including phenoxy) is 1. The average Bonchev–Trinajstić information content (AvgIpc) is 2.13. The second-order valence-corrected chi connectivity index (χ2v) is 4.58. The number of aliphatic hydroxyl groups is 1. The van der Waals surface area contributed by atoms with Gasteiger partial charge in [-0.05, 0) is 6.92 Å². The van der Waals surface area contributed by atoms with Crippen LogP contribution in [0, 0.1) is 0 Å². The molecule has 0 unspecified atom stereocenters. The quantitative estimate of drug-likeness (QED) is 0.370. The van der Waals surface area contributed by atoms with Gasteiger partial charge in [0.15, 0.2) is 0 Å². The summed E-state index contributed by atoms with van der Waals surface area (Å²) in [6.45, 7) is 6.26. The summed E-state index contributed by atoms with van der Waals surface area (Å²) in [7, 11) is -3.65. The van der Waals surface area contributed by atoms with Gasteiger partial charge in [-0.3, -0.25) is 4.57 Å². The molecule has 0 aromatic carbocycles. The molecular formula is C8H17O6P. The number of carbonyl (C=O) groups is 1. The van der Waals surface area contributed by atoms with E-state index in [4.69, 9.17) is 14.9 Å². The zero-order valence-electron chi connectivity index (χ0n) is 8.84. The molecule has 0 saturated heterocycles. The van der Waals surface area contributed by atoms with Crippen molar-refractivity contribution in [2.75, 3.05) is 19.4 Å². The maximum absolute atomic E-state index is 10.5. The third-order valence-electron chi connectivity index (χ3n) is 1.08. The Kier molecular flexibility index (Phi) is 9.61. The predicted molar refractivity (Wildman–Crippen MR) is 55.4 cm³/mol. The smallest absolute Gasteiger partial charge is 0.333 e. The number of rotatable bonds is 4. The molecule has 0 aliphatic carbocycles. The van der Waals surface area contributed by atoms with Crippen molar-refractivity contribution in [3.8, 4) is 0 Å². The molecule has 3 N–H and O–H groups in total. The maximum Gasteiger partial charge on any atom is 0.333 e. The van der Waals surface area contributed by atoms with Gasteiger partial charge in [-0.25, -0.2) is 4.79 Å². The summed E-state index contributed by atoms with van der Waals surface area (Å²) in [5.74, 6) is -0.455. The van der Waals surface area contributed by atoms with Crippen molar-refractivity contribution in [3.05, 3.63) is 12.2 Å². The fraction of sp³-hybridized carbons (Fsp3) is 0.625. The molecule has 0 aromatic heterocycles. The van der Waals surface area contributed by atoms with Crippen molar-refractivity contribution in [2.24, 2.45) is 0 Å². The van der Waals surface area contributed by atoms with Crippen LogP contribution in [0.25, 0.3) is 0 Å². The van der Waals surface area contributed by atoms with Gasteiger partial charge in [0.25, 0.3) is 0 Å². The zero-order chi connectivity index (χ0) is 12.5. The normalized spacial score (nSPS) is 9.93. The van der Waals surface area contributed by atoms with E-state index in [1.165, 1.54) is 6.92 Å². The summed E-state index contributed by atoms with van der Waals surface area (Å²) in [6, 6.07) is 0. The van der Waals surface area contributed by atoms with Crippen molar-refractivity contribution >= 4 is 13.6 Å². The molecule has 0 aliphatic rings. The average molecular weight is 240 g/mol. The number of hydrogen-bond acceptors (Lipinski definition) is 4. The van der Waals surface area contributed by atoms with Gasteiger partial charge in [0.1, 0.15) is 6.61 Å². The van der Waals surface area contributed by atoms with Crippen LogP contribution >= 0.6 is 7.60 Å². The van der Waals surface area contributed by atoms with Gasteiger partial charge in [-0.1, -0.05) is 13.5 Å². The molecule has 0 atom stereocenters. The van der Waals surface area contributed by atoms with Crippen LogP contribution in [0.4, 0.5) is 0 Å². The highest BCUT2D eigenvalue weighted by Gasteiger charge is 2.05. The summed E-state index contributed by atoms with van der Waals surface area (Å²) in [6.07, 6.45) is -0.0625. The standard InChI is InChI=1S/C6H10O3.C2H7O3P/c1-5(2)6(8)9-4-3-7;1-2-6(3,4)5/h7H,1,3-4H2,2H3;2H2,1H3,(H2,3,4,5). The SMILES string of the molecule is C=C(C)C(=O)OCCO.CCP(=O)(O)O. The molecule has 15 heavy (non-hydrogen) atoms. The Hall–Kier alpha value is -0.680. The first kappa shape index (κ1) is 16.7. The molecule has 0 aromatic rings. The molecule has 0 saturated carbocycles. The van der Waals surface area contributed by atoms with E-state index in [1.54, 1.807) is 6.92 Å². The van der Waals surface area contributed by atoms with Crippen LogP contribution in [0.3, 0.4) is 0 Å². The lowest BCUT2D eigenvalue weighted by molar-refractivity contribution is -0.139. The Morgan fingerprint density at radius 1 is 1.47 bits per heavy atom. The lowest BCUT2D eigenvalue weighted by atomic mass is 10.4. The highest BCUT2D eigenvalue weighted by molar-refractivity contribution is 7.51. The fourth-order valence-electron chi connectivity index (χ4n) is 0.262. The summed E-state index contributed by atoms with van der Waals surface area (Å²) < 4.78 is 14.2. The van der Waals surface area contributed by atoms with Gasteiger partial charge >= 0.3 is 13.6 Å². The van der Waals surface area contributed by atoms with Crippen molar-refractivity contribution in [2.45, 2.75) is 13.8 Å². The maximum atomic E-state index is 10.5. The van der Waals surface area contributed by atoms with Crippen molar-refractivity contribution in [1.29, 1.82) is 0 Å². The topological polar surface area (TPSA) is 104 Å². The predicted octanol–water partition coefficient (Wildman–Crippen LogP) is 0.282. The van der Waals surface area contributed by atoms with Crippen molar-refractivity contribution in [3.63, 3.8) is 0 Å². The van der Waals surface area contributed by atoms with E-state index >= 15 is 0 Å². The Balaban J connectivity index is 0. The Morgan fingerprint density at radius 2 is 1.87 bits per heavy atom. The lowest BCUT2D eigenvalue weighted by Crippen LogP contribution is -2.08. The number of hydrogen-bond donors (Lipinski definition) is 3. The van der Waals surface area contributed by atoms with Crippen LogP contribution < -0.4 is 0 Å². The largest absolute Gasteiger partial charge is 0.460 e. The van der Waals surface area contributed by atoms with Crippen molar-refractivity contribution < 1.29 is 29.0 Å². The molecular weight excluding hydrogens is 223 g/mol. The van der Waals surface area contributed by atoms with E-state index < -0.39 is 13.6 Å². The van der Waals surface area contributed by atoms with Gasteiger partial charge < -0.3 is 19.6 Å². The lowest BCUT2D eigenvalue weighted by Gasteiger charge is -1.99. The summed E-state index contributed by atoms with van der Waals surface area (Å²) in [4.78, 5) is 26.3. The second-order valence-electron chi connectivity index (χ2n) is 2.62. The molecule has 0 aliphatic heterocycles. The summed E-state index contributed by atoms with van der Waals surface area (Å²) in [5, 5.41) is 8.19. The Morgan fingerprint density at radius 3 is 2.07 bits per heavy atom. The van der Waals surface area contributed by atoms with Crippen LogP contribution in [-0.2, 0) is 14.1 Å². The van der Waals surface area contributed by atoms with E-state index in [-0.39, 0.29) is 19.4 Å².